The van der Waals surface area contributed by atoms with Crippen LogP contribution in [0.25, 0.3) is 0 Å². The number of benzene rings is 2. The molecule has 8 nitrogen and oxygen atoms in total. The predicted octanol–water partition coefficient (Wildman–Crippen LogP) is 3.65. The number of nitrogens with one attached hydrogen (secondary N) is 2. The van der Waals surface area contributed by atoms with Gasteiger partial charge in [-0.05, 0) is 25.1 Å². The fourth-order valence-corrected chi connectivity index (χ4v) is 2.02. The van der Waals surface area contributed by atoms with Gasteiger partial charge in [-0.2, -0.15) is 0 Å². The number of amides is 2. The molecule has 0 aliphatic rings. The molecule has 0 saturated heterocycles. The van der Waals surface area contributed by atoms with E-state index in [1.165, 1.54) is 25.3 Å². The summed E-state index contributed by atoms with van der Waals surface area (Å²) in [6, 6.07) is 10.4. The Hall–Kier alpha value is -3.29. The van der Waals surface area contributed by atoms with Crippen LogP contribution in [-0.2, 0) is 0 Å². The quantitative estimate of drug-likeness (QED) is 0.621. The van der Waals surface area contributed by atoms with Crippen molar-refractivity contribution in [2.45, 2.75) is 6.92 Å². The van der Waals surface area contributed by atoms with E-state index in [1.54, 1.807) is 24.3 Å². The van der Waals surface area contributed by atoms with E-state index in [9.17, 15) is 14.9 Å². The zero-order chi connectivity index (χ0) is 17.5. The second-order valence-corrected chi connectivity index (χ2v) is 4.65. The van der Waals surface area contributed by atoms with Crippen LogP contribution in [0.15, 0.2) is 42.5 Å². The zero-order valence-corrected chi connectivity index (χ0v) is 13.2. The van der Waals surface area contributed by atoms with Gasteiger partial charge in [-0.15, -0.1) is 0 Å². The summed E-state index contributed by atoms with van der Waals surface area (Å²) in [7, 11) is 1.37. The average Bonchev–Trinajstić information content (AvgIpc) is 2.57. The number of methoxy groups -OCH3 is 1. The Kier molecular flexibility index (Phi) is 5.56. The molecule has 0 aliphatic heterocycles. The smallest absolute Gasteiger partial charge is 0.323 e. The van der Waals surface area contributed by atoms with E-state index in [4.69, 9.17) is 9.47 Å². The molecule has 126 valence electrons. The van der Waals surface area contributed by atoms with Crippen molar-refractivity contribution < 1.29 is 19.2 Å². The largest absolute Gasteiger partial charge is 0.494 e. The van der Waals surface area contributed by atoms with E-state index in [-0.39, 0.29) is 11.4 Å². The van der Waals surface area contributed by atoms with Crippen molar-refractivity contribution in [2.24, 2.45) is 0 Å². The van der Waals surface area contributed by atoms with Crippen LogP contribution < -0.4 is 20.1 Å². The first-order valence-corrected chi connectivity index (χ1v) is 7.17. The van der Waals surface area contributed by atoms with Crippen LogP contribution in [-0.4, -0.2) is 24.7 Å². The number of urea groups is 1. The molecule has 2 aromatic carbocycles. The maximum atomic E-state index is 12.2. The third-order valence-electron chi connectivity index (χ3n) is 3.08. The van der Waals surface area contributed by atoms with Crippen molar-refractivity contribution in [1.29, 1.82) is 0 Å². The van der Waals surface area contributed by atoms with Gasteiger partial charge < -0.3 is 20.1 Å². The predicted molar refractivity (Wildman–Crippen MR) is 89.9 cm³/mol. The van der Waals surface area contributed by atoms with E-state index in [2.05, 4.69) is 10.6 Å². The summed E-state index contributed by atoms with van der Waals surface area (Å²) in [6.45, 7) is 2.31. The maximum Gasteiger partial charge on any atom is 0.323 e. The number of rotatable bonds is 6. The van der Waals surface area contributed by atoms with Crippen LogP contribution in [0.2, 0.25) is 0 Å². The number of hydrogen-bond acceptors (Lipinski definition) is 5. The Balaban J connectivity index is 2.14. The highest BCUT2D eigenvalue weighted by Crippen LogP contribution is 2.29. The lowest BCUT2D eigenvalue weighted by Crippen LogP contribution is -2.20. The Morgan fingerprint density at radius 1 is 1.12 bits per heavy atom. The molecule has 8 heteroatoms. The van der Waals surface area contributed by atoms with Gasteiger partial charge in [-0.1, -0.05) is 12.1 Å². The lowest BCUT2D eigenvalue weighted by Gasteiger charge is -2.13. The van der Waals surface area contributed by atoms with Gasteiger partial charge in [0.05, 0.1) is 36.1 Å². The molecule has 0 bridgehead atoms. The van der Waals surface area contributed by atoms with Crippen LogP contribution in [0.1, 0.15) is 6.92 Å². The standard InChI is InChI=1S/C16H17N3O5/c1-3-24-14-7-5-4-6-12(14)17-16(20)18-13-9-8-11(19(21)22)10-15(13)23-2/h4-10H,3H2,1-2H3,(H2,17,18,20). The molecule has 0 spiro atoms. The topological polar surface area (TPSA) is 103 Å². The van der Waals surface area contributed by atoms with Crippen molar-refractivity contribution in [2.75, 3.05) is 24.4 Å². The van der Waals surface area contributed by atoms with Crippen LogP contribution in [0.4, 0.5) is 21.9 Å². The molecule has 2 N–H and O–H groups in total. The van der Waals surface area contributed by atoms with E-state index in [0.717, 1.165) is 0 Å². The summed E-state index contributed by atoms with van der Waals surface area (Å²) >= 11 is 0. The number of nitrogens with zero attached hydrogens (tertiary/aromatic N) is 1. The number of hydrogen-bond donors (Lipinski definition) is 2. The van der Waals surface area contributed by atoms with Gasteiger partial charge in [-0.3, -0.25) is 10.1 Å². The molecule has 0 aliphatic carbocycles. The first-order valence-electron chi connectivity index (χ1n) is 7.17. The third kappa shape index (κ3) is 4.13. The number of nitro benzene ring substituents is 1. The number of para-hydroxylation sites is 2. The minimum Gasteiger partial charge on any atom is -0.494 e. The molecule has 0 fully saturated rings. The molecule has 0 aromatic heterocycles. The summed E-state index contributed by atoms with van der Waals surface area (Å²) in [6.07, 6.45) is 0. The fourth-order valence-electron chi connectivity index (χ4n) is 2.02. The highest BCUT2D eigenvalue weighted by molar-refractivity contribution is 6.01. The van der Waals surface area contributed by atoms with Gasteiger partial charge in [-0.25, -0.2) is 4.79 Å². The van der Waals surface area contributed by atoms with Crippen molar-refractivity contribution in [3.63, 3.8) is 0 Å². The van der Waals surface area contributed by atoms with Gasteiger partial charge in [0.15, 0.2) is 0 Å². The lowest BCUT2D eigenvalue weighted by atomic mass is 10.2. The molecular formula is C16H17N3O5. The third-order valence-corrected chi connectivity index (χ3v) is 3.08. The Bertz CT molecular complexity index is 748. The Morgan fingerprint density at radius 2 is 1.79 bits per heavy atom. The molecular weight excluding hydrogens is 314 g/mol. The van der Waals surface area contributed by atoms with Crippen LogP contribution in [0, 0.1) is 10.1 Å². The van der Waals surface area contributed by atoms with Gasteiger partial charge in [0, 0.05) is 6.07 Å². The zero-order valence-electron chi connectivity index (χ0n) is 13.2. The molecule has 0 radical (unpaired) electrons. The maximum absolute atomic E-state index is 12.2. The monoisotopic (exact) mass is 331 g/mol. The van der Waals surface area contributed by atoms with Gasteiger partial charge in [0.25, 0.3) is 5.69 Å². The minimum absolute atomic E-state index is 0.125. The summed E-state index contributed by atoms with van der Waals surface area (Å²) in [4.78, 5) is 22.4. The number of nitro groups is 1. The first kappa shape index (κ1) is 17.1. The SMILES string of the molecule is CCOc1ccccc1NC(=O)Nc1ccc([N+](=O)[O-])cc1OC. The Labute approximate surface area is 138 Å². The molecule has 2 rings (SSSR count). The van der Waals surface area contributed by atoms with E-state index in [1.807, 2.05) is 6.92 Å². The summed E-state index contributed by atoms with van der Waals surface area (Å²) in [5.41, 5.74) is 0.701. The summed E-state index contributed by atoms with van der Waals surface area (Å²) in [5.74, 6) is 0.739. The van der Waals surface area contributed by atoms with E-state index < -0.39 is 11.0 Å². The van der Waals surface area contributed by atoms with Gasteiger partial charge >= 0.3 is 6.03 Å². The number of carbonyl (C=O) groups is 1. The molecule has 0 atom stereocenters. The molecule has 2 amide bonds. The normalized spacial score (nSPS) is 9.92. The minimum atomic E-state index is -0.537. The first-order chi connectivity index (χ1) is 11.5. The second-order valence-electron chi connectivity index (χ2n) is 4.65. The van der Waals surface area contributed by atoms with Gasteiger partial charge in [0.2, 0.25) is 0 Å². The van der Waals surface area contributed by atoms with Crippen LogP contribution in [0.3, 0.4) is 0 Å². The molecule has 0 saturated carbocycles. The molecule has 0 heterocycles. The van der Waals surface area contributed by atoms with Crippen LogP contribution in [0.5, 0.6) is 11.5 Å². The molecule has 24 heavy (non-hydrogen) atoms. The van der Waals surface area contributed by atoms with Crippen molar-refractivity contribution in [1.82, 2.24) is 0 Å². The number of non-ortho nitro benzene ring substituents is 1. The Morgan fingerprint density at radius 3 is 2.42 bits per heavy atom. The molecule has 0 unspecified atom stereocenters. The summed E-state index contributed by atoms with van der Waals surface area (Å²) < 4.78 is 10.5. The van der Waals surface area contributed by atoms with E-state index >= 15 is 0 Å². The second kappa shape index (κ2) is 7.82. The highest BCUT2D eigenvalue weighted by atomic mass is 16.6. The van der Waals surface area contributed by atoms with Crippen LogP contribution >= 0.6 is 0 Å². The fraction of sp³-hybridized carbons (Fsp3) is 0.188. The molecule has 2 aromatic rings. The van der Waals surface area contributed by atoms with Crippen molar-refractivity contribution in [3.8, 4) is 11.5 Å². The van der Waals surface area contributed by atoms with E-state index in [0.29, 0.717) is 23.7 Å². The highest BCUT2D eigenvalue weighted by Gasteiger charge is 2.14. The lowest BCUT2D eigenvalue weighted by molar-refractivity contribution is -0.384. The van der Waals surface area contributed by atoms with Crippen molar-refractivity contribution in [3.05, 3.63) is 52.6 Å². The van der Waals surface area contributed by atoms with Crippen molar-refractivity contribution >= 4 is 23.1 Å². The van der Waals surface area contributed by atoms with Gasteiger partial charge in [0.1, 0.15) is 11.5 Å². The number of ether oxygens (including phenoxy) is 2. The number of carbonyl (C=O) groups excluding carboxylic acids is 1. The summed E-state index contributed by atoms with van der Waals surface area (Å²) in [5, 5.41) is 16.0. The average molecular weight is 331 g/mol. The number of anilines is 2.